The van der Waals surface area contributed by atoms with Gasteiger partial charge in [-0.15, -0.1) is 0 Å². The fourth-order valence-electron chi connectivity index (χ4n) is 0. The zero-order chi connectivity index (χ0) is 5.41. The van der Waals surface area contributed by atoms with Crippen molar-refractivity contribution in [1.82, 2.24) is 0 Å². The van der Waals surface area contributed by atoms with Crippen molar-refractivity contribution in [2.24, 2.45) is 0 Å². The van der Waals surface area contributed by atoms with E-state index in [0.29, 0.717) is 0 Å². The van der Waals surface area contributed by atoms with Crippen molar-refractivity contribution in [3.63, 3.8) is 0 Å². The second kappa shape index (κ2) is 28.3. The van der Waals surface area contributed by atoms with E-state index in [1.807, 2.05) is 0 Å². The van der Waals surface area contributed by atoms with Crippen LogP contribution < -0.4 is 18.6 Å². The Balaban J connectivity index is -0.0000000400. The van der Waals surface area contributed by atoms with Gasteiger partial charge in [0.25, 0.3) is 0 Å². The molecule has 0 fully saturated rings. The van der Waals surface area contributed by atoms with Gasteiger partial charge in [0.15, 0.2) is 0 Å². The van der Waals surface area contributed by atoms with Crippen molar-refractivity contribution < 1.29 is 58.4 Å². The first kappa shape index (κ1) is 15.7. The molecule has 0 spiro atoms. The Labute approximate surface area is 58.8 Å². The molecular weight excluding hydrogens is 198 g/mol. The van der Waals surface area contributed by atoms with Gasteiger partial charge in [-0.3, -0.25) is 0 Å². The summed E-state index contributed by atoms with van der Waals surface area (Å²) in [4.78, 5) is 0. The summed E-state index contributed by atoms with van der Waals surface area (Å²) in [5, 5.41) is 0. The van der Waals surface area contributed by atoms with E-state index in [2.05, 4.69) is 0 Å². The summed E-state index contributed by atoms with van der Waals surface area (Å²) >= 11 is -0.833. The molecule has 0 aliphatic carbocycles. The van der Waals surface area contributed by atoms with Gasteiger partial charge >= 0.3 is 17.1 Å². The SMILES string of the molecule is [Cu+2].[O-][Cl+][O-].[O-][Cl+][O-]. The average molecular weight is 198 g/mol. The van der Waals surface area contributed by atoms with Gasteiger partial charge in [-0.1, -0.05) is 0 Å². The van der Waals surface area contributed by atoms with Crippen LogP contribution in [0.15, 0.2) is 0 Å². The molecule has 0 N–H and O–H groups in total. The fourth-order valence-corrected chi connectivity index (χ4v) is 0. The molecule has 0 saturated heterocycles. The predicted octanol–water partition coefficient (Wildman–Crippen LogP) is -4.76. The van der Waals surface area contributed by atoms with E-state index in [-0.39, 0.29) is 17.1 Å². The van der Waals surface area contributed by atoms with Crippen LogP contribution in [0.25, 0.3) is 0 Å². The molecule has 0 atom stereocenters. The number of rotatable bonds is 0. The first-order valence-electron chi connectivity index (χ1n) is 0.617. The van der Waals surface area contributed by atoms with Crippen LogP contribution in [0.4, 0.5) is 0 Å². The molecule has 1 radical (unpaired) electrons. The minimum Gasteiger partial charge on any atom is -0.544 e. The first-order chi connectivity index (χ1) is 2.83. The molecule has 0 rings (SSSR count). The maximum atomic E-state index is 8.24. The molecule has 0 aliphatic rings. The van der Waals surface area contributed by atoms with Crippen LogP contribution in [0, 0.1) is 22.7 Å². The Morgan fingerprint density at radius 2 is 0.714 bits per heavy atom. The van der Waals surface area contributed by atoms with E-state index in [4.69, 9.17) is 18.6 Å². The van der Waals surface area contributed by atoms with Crippen molar-refractivity contribution in [2.75, 3.05) is 0 Å². The maximum absolute atomic E-state index is 8.24. The van der Waals surface area contributed by atoms with Crippen LogP contribution in [0.1, 0.15) is 0 Å². The molecule has 0 unspecified atom stereocenters. The summed E-state index contributed by atoms with van der Waals surface area (Å²) < 4.78 is 32.9. The summed E-state index contributed by atoms with van der Waals surface area (Å²) in [5.74, 6) is 0. The van der Waals surface area contributed by atoms with Crippen LogP contribution in [0.2, 0.25) is 0 Å². The zero-order valence-corrected chi connectivity index (χ0v) is 5.14. The Hall–Kier alpha value is 0.939. The molecule has 7 heavy (non-hydrogen) atoms. The average Bonchev–Trinajstić information content (AvgIpc) is 1.39. The van der Waals surface area contributed by atoms with Gasteiger partial charge in [-0.2, -0.15) is 0 Å². The molecule has 49 valence electrons. The standard InChI is InChI=1S/2ClO2.Cu/c2*2-1-3;/q2*-1;+2. The van der Waals surface area contributed by atoms with Crippen molar-refractivity contribution in [2.45, 2.75) is 0 Å². The smallest absolute Gasteiger partial charge is 0.544 e. The van der Waals surface area contributed by atoms with Gasteiger partial charge in [0, 0.05) is 0 Å². The van der Waals surface area contributed by atoms with E-state index in [1.165, 1.54) is 0 Å². The first-order valence-corrected chi connectivity index (χ1v) is 1.85. The fraction of sp³-hybridized carbons (Fsp3) is 0. The second-order valence-electron chi connectivity index (χ2n) is 0.126. The Kier molecular flexibility index (Phi) is 63.4. The van der Waals surface area contributed by atoms with E-state index in [9.17, 15) is 0 Å². The predicted molar refractivity (Wildman–Crippen MR) is 0 cm³/mol. The van der Waals surface area contributed by atoms with E-state index >= 15 is 0 Å². The Bertz CT molecular complexity index is 11.7. The van der Waals surface area contributed by atoms with Gasteiger partial charge < -0.3 is 18.6 Å². The van der Waals surface area contributed by atoms with Gasteiger partial charge in [-0.25, -0.2) is 0 Å². The quantitative estimate of drug-likeness (QED) is 0.365. The molecule has 0 aromatic heterocycles. The molecule has 0 aromatic rings. The van der Waals surface area contributed by atoms with Gasteiger partial charge in [0.1, 0.15) is 0 Å². The third-order valence-electron chi connectivity index (χ3n) is 0. The van der Waals surface area contributed by atoms with Crippen LogP contribution in [-0.2, 0) is 17.1 Å². The summed E-state index contributed by atoms with van der Waals surface area (Å²) in [6, 6.07) is 0. The summed E-state index contributed by atoms with van der Waals surface area (Å²) in [7, 11) is 0. The molecule has 0 heterocycles. The summed E-state index contributed by atoms with van der Waals surface area (Å²) in [6.45, 7) is 0. The maximum Gasteiger partial charge on any atom is 2.00 e. The normalized spacial score (nSPS) is 5.14. The van der Waals surface area contributed by atoms with Crippen molar-refractivity contribution in [1.29, 1.82) is 0 Å². The number of hydrogen-bond acceptors (Lipinski definition) is 4. The largest absolute Gasteiger partial charge is 2.00 e. The van der Waals surface area contributed by atoms with Gasteiger partial charge in [0.2, 0.25) is 0 Å². The van der Waals surface area contributed by atoms with E-state index in [0.717, 1.165) is 0 Å². The Morgan fingerprint density at radius 3 is 0.714 bits per heavy atom. The summed E-state index contributed by atoms with van der Waals surface area (Å²) in [5.41, 5.74) is 0. The van der Waals surface area contributed by atoms with Crippen LogP contribution in [-0.4, -0.2) is 0 Å². The topological polar surface area (TPSA) is 92.2 Å². The minimum absolute atomic E-state index is 0. The van der Waals surface area contributed by atoms with Crippen molar-refractivity contribution >= 4 is 0 Å². The molecule has 0 saturated carbocycles. The molecule has 0 aromatic carbocycles. The molecular formula is Cl2CuO4. The van der Waals surface area contributed by atoms with Gasteiger partial charge in [-0.05, 0) is 0 Å². The van der Waals surface area contributed by atoms with Crippen LogP contribution >= 0.6 is 0 Å². The number of halogens is 2. The molecule has 7 heteroatoms. The second-order valence-corrected chi connectivity index (χ2v) is 0.378. The van der Waals surface area contributed by atoms with Crippen molar-refractivity contribution in [3.05, 3.63) is 0 Å². The van der Waals surface area contributed by atoms with E-state index < -0.39 is 22.7 Å². The monoisotopic (exact) mass is 197 g/mol. The Morgan fingerprint density at radius 1 is 0.714 bits per heavy atom. The van der Waals surface area contributed by atoms with Crippen LogP contribution in [0.5, 0.6) is 0 Å². The third-order valence-corrected chi connectivity index (χ3v) is 0. The number of hydrogen-bond donors (Lipinski definition) is 0. The zero-order valence-electron chi connectivity index (χ0n) is 2.69. The van der Waals surface area contributed by atoms with Crippen molar-refractivity contribution in [3.8, 4) is 0 Å². The third kappa shape index (κ3) is 192. The minimum atomic E-state index is -0.417. The van der Waals surface area contributed by atoms with Gasteiger partial charge in [0.05, 0.1) is 22.7 Å². The molecule has 0 amide bonds. The molecule has 4 nitrogen and oxygen atoms in total. The molecule has 0 aliphatic heterocycles. The van der Waals surface area contributed by atoms with E-state index in [1.54, 1.807) is 0 Å². The summed E-state index contributed by atoms with van der Waals surface area (Å²) in [6.07, 6.45) is 0. The molecule has 0 bridgehead atoms. The van der Waals surface area contributed by atoms with Crippen LogP contribution in [0.3, 0.4) is 0 Å².